The van der Waals surface area contributed by atoms with Gasteiger partial charge in [0.05, 0.1) is 6.01 Å². The van der Waals surface area contributed by atoms with E-state index in [9.17, 15) is 0 Å². The van der Waals surface area contributed by atoms with Crippen molar-refractivity contribution in [1.29, 1.82) is 0 Å². The average molecular weight is 462 g/mol. The molecule has 192 valence electrons. The molecule has 8 heteroatoms. The van der Waals surface area contributed by atoms with Crippen LogP contribution in [-0.2, 0) is 0 Å². The topological polar surface area (TPSA) is 37.7 Å². The van der Waals surface area contributed by atoms with E-state index in [4.69, 9.17) is 9.81 Å². The van der Waals surface area contributed by atoms with E-state index in [-0.39, 0.29) is 14.2 Å². The molecule has 0 aromatic heterocycles. The van der Waals surface area contributed by atoms with Crippen LogP contribution >= 0.6 is 0 Å². The van der Waals surface area contributed by atoms with E-state index < -0.39 is 0 Å². The summed E-state index contributed by atoms with van der Waals surface area (Å²) >= 11 is 0. The molecule has 0 aliphatic heterocycles. The highest BCUT2D eigenvalue weighted by molar-refractivity contribution is 6.54. The molecule has 0 rings (SSSR count). The molecule has 0 N–H and O–H groups in total. The van der Waals surface area contributed by atoms with Crippen molar-refractivity contribution in [1.82, 2.24) is 19.2 Å². The maximum absolute atomic E-state index is 5.03. The van der Waals surface area contributed by atoms with Gasteiger partial charge in [0.25, 0.3) is 0 Å². The predicted octanol–water partition coefficient (Wildman–Crippen LogP) is 5.61. The van der Waals surface area contributed by atoms with Gasteiger partial charge in [-0.25, -0.2) is 9.81 Å². The Morgan fingerprint density at radius 1 is 0.364 bits per heavy atom. The first-order chi connectivity index (χ1) is 15.1. The van der Waals surface area contributed by atoms with Gasteiger partial charge in [-0.05, 0) is 48.3 Å². The van der Waals surface area contributed by atoms with Crippen molar-refractivity contribution < 1.29 is 0 Å². The van der Waals surface area contributed by atoms with Gasteiger partial charge in [-0.15, -0.1) is 0 Å². The summed E-state index contributed by atoms with van der Waals surface area (Å²) in [5.74, 6) is 0. The first-order valence-corrected chi connectivity index (χ1v) is 13.3. The minimum absolute atomic E-state index is 0.104. The SMILES string of the molecule is CC(C)N(B(N=C=NB(N(C(C)C)C(C)C)N(C(C)C)C(C)C)N(C(C)C)C(C)C)C(C)C. The summed E-state index contributed by atoms with van der Waals surface area (Å²) in [5, 5.41) is 0. The molecule has 0 fully saturated rings. The third kappa shape index (κ3) is 9.49. The Morgan fingerprint density at radius 3 is 0.636 bits per heavy atom. The van der Waals surface area contributed by atoms with Crippen molar-refractivity contribution in [2.75, 3.05) is 0 Å². The van der Waals surface area contributed by atoms with E-state index >= 15 is 0 Å². The third-order valence-corrected chi connectivity index (χ3v) is 6.18. The van der Waals surface area contributed by atoms with E-state index in [1.807, 2.05) is 0 Å². The molecular formula is C25H56B2N6. The first-order valence-electron chi connectivity index (χ1n) is 13.3. The van der Waals surface area contributed by atoms with Gasteiger partial charge in [0.2, 0.25) is 0 Å². The van der Waals surface area contributed by atoms with Crippen molar-refractivity contribution >= 4 is 20.2 Å². The van der Waals surface area contributed by atoms with Crippen LogP contribution in [0.5, 0.6) is 0 Å². The van der Waals surface area contributed by atoms with Crippen LogP contribution in [0, 0.1) is 0 Å². The highest BCUT2D eigenvalue weighted by atomic mass is 15.3. The number of rotatable bonds is 14. The van der Waals surface area contributed by atoms with Crippen molar-refractivity contribution in [3.8, 4) is 0 Å². The molecule has 0 heterocycles. The zero-order valence-corrected chi connectivity index (χ0v) is 25.0. The van der Waals surface area contributed by atoms with E-state index in [1.54, 1.807) is 0 Å². The van der Waals surface area contributed by atoms with Crippen molar-refractivity contribution in [3.63, 3.8) is 0 Å². The lowest BCUT2D eigenvalue weighted by Gasteiger charge is -2.42. The van der Waals surface area contributed by atoms with Crippen LogP contribution in [0.2, 0.25) is 0 Å². The van der Waals surface area contributed by atoms with Gasteiger partial charge in [0.1, 0.15) is 0 Å². The van der Waals surface area contributed by atoms with Gasteiger partial charge in [-0.2, -0.15) is 0 Å². The maximum Gasteiger partial charge on any atom is 0.466 e. The standard InChI is InChI=1S/C25H56B2N6/c1-18(2)30(19(3)4)26(31(20(5)6)21(7)8)28-17-29-27(32(22(9)10)23(11)12)33(24(13)14)25(15)16/h18-25H,1-16H3. The Morgan fingerprint density at radius 2 is 0.515 bits per heavy atom. The van der Waals surface area contributed by atoms with Gasteiger partial charge in [0, 0.05) is 0 Å². The van der Waals surface area contributed by atoms with Crippen molar-refractivity contribution in [2.45, 2.75) is 159 Å². The summed E-state index contributed by atoms with van der Waals surface area (Å²) in [6.45, 7) is 36.0. The summed E-state index contributed by atoms with van der Waals surface area (Å²) in [4.78, 5) is 19.9. The van der Waals surface area contributed by atoms with Crippen LogP contribution in [0.15, 0.2) is 9.81 Å². The summed E-state index contributed by atoms with van der Waals surface area (Å²) in [7, 11) is -0.208. The number of hydrogen-bond donors (Lipinski definition) is 0. The molecule has 0 amide bonds. The highest BCUT2D eigenvalue weighted by Gasteiger charge is 2.39. The second-order valence-corrected chi connectivity index (χ2v) is 11.6. The molecule has 0 aliphatic carbocycles. The minimum atomic E-state index is -0.104. The Hall–Kier alpha value is -0.650. The van der Waals surface area contributed by atoms with Gasteiger partial charge in [-0.1, -0.05) is 111 Å². The Balaban J connectivity index is 6.71. The van der Waals surface area contributed by atoms with Crippen LogP contribution in [0.1, 0.15) is 111 Å². The van der Waals surface area contributed by atoms with Gasteiger partial charge in [0.15, 0.2) is 0 Å². The zero-order valence-electron chi connectivity index (χ0n) is 25.0. The minimum Gasteiger partial charge on any atom is -0.302 e. The van der Waals surface area contributed by atoms with Gasteiger partial charge < -0.3 is 19.2 Å². The molecule has 0 atom stereocenters. The van der Waals surface area contributed by atoms with E-state index in [1.165, 1.54) is 0 Å². The monoisotopic (exact) mass is 462 g/mol. The molecule has 0 aromatic carbocycles. The van der Waals surface area contributed by atoms with Crippen LogP contribution in [-0.4, -0.2) is 87.8 Å². The van der Waals surface area contributed by atoms with Crippen LogP contribution in [0.25, 0.3) is 0 Å². The van der Waals surface area contributed by atoms with Crippen molar-refractivity contribution in [3.05, 3.63) is 0 Å². The largest absolute Gasteiger partial charge is 0.466 e. The second kappa shape index (κ2) is 14.7. The highest BCUT2D eigenvalue weighted by Crippen LogP contribution is 2.19. The normalized spacial score (nSPS) is 13.0. The molecule has 0 spiro atoms. The Bertz CT molecular complexity index is 478. The molecule has 0 aromatic rings. The maximum atomic E-state index is 5.03. The average Bonchev–Trinajstić information content (AvgIpc) is 2.58. The fourth-order valence-electron chi connectivity index (χ4n) is 5.23. The molecule has 6 nitrogen and oxygen atoms in total. The fourth-order valence-corrected chi connectivity index (χ4v) is 5.23. The molecule has 0 saturated heterocycles. The fraction of sp³-hybridized carbons (Fsp3) is 0.960. The molecule has 0 bridgehead atoms. The van der Waals surface area contributed by atoms with Gasteiger partial charge in [-0.3, -0.25) is 0 Å². The van der Waals surface area contributed by atoms with Crippen LogP contribution < -0.4 is 0 Å². The third-order valence-electron chi connectivity index (χ3n) is 6.18. The molecule has 0 aliphatic rings. The molecule has 0 saturated carbocycles. The lowest BCUT2D eigenvalue weighted by Crippen LogP contribution is -2.61. The van der Waals surface area contributed by atoms with E-state index in [0.717, 1.165) is 0 Å². The summed E-state index contributed by atoms with van der Waals surface area (Å²) in [6.07, 6.45) is 0. The molecule has 0 unspecified atom stereocenters. The zero-order chi connectivity index (χ0) is 26.2. The smallest absolute Gasteiger partial charge is 0.302 e. The molecule has 0 radical (unpaired) electrons. The summed E-state index contributed by atoms with van der Waals surface area (Å²) < 4.78 is 0. The van der Waals surface area contributed by atoms with E-state index in [0.29, 0.717) is 48.3 Å². The van der Waals surface area contributed by atoms with Crippen molar-refractivity contribution in [2.24, 2.45) is 9.81 Å². The van der Waals surface area contributed by atoms with E-state index in [2.05, 4.69) is 136 Å². The summed E-state index contributed by atoms with van der Waals surface area (Å²) in [6, 6.07) is 6.13. The first kappa shape index (κ1) is 32.3. The summed E-state index contributed by atoms with van der Waals surface area (Å²) in [5.41, 5.74) is 0. The quantitative estimate of drug-likeness (QED) is 0.249. The second-order valence-electron chi connectivity index (χ2n) is 11.6. The van der Waals surface area contributed by atoms with Gasteiger partial charge >= 0.3 is 14.2 Å². The molecular weight excluding hydrogens is 406 g/mol. The lowest BCUT2D eigenvalue weighted by atomic mass is 9.80. The lowest BCUT2D eigenvalue weighted by molar-refractivity contribution is 0.221. The number of nitrogens with zero attached hydrogens (tertiary/aromatic N) is 6. The Labute approximate surface area is 208 Å². The van der Waals surface area contributed by atoms with Crippen LogP contribution in [0.4, 0.5) is 0 Å². The number of hydrogen-bond acceptors (Lipinski definition) is 6. The molecule has 33 heavy (non-hydrogen) atoms. The predicted molar refractivity (Wildman–Crippen MR) is 150 cm³/mol. The van der Waals surface area contributed by atoms with Crippen LogP contribution in [0.3, 0.4) is 0 Å². The Kier molecular flexibility index (Phi) is 14.4.